The number of aromatic amines is 2. The zero-order valence-corrected chi connectivity index (χ0v) is 20.8. The molecule has 0 saturated carbocycles. The second kappa shape index (κ2) is 9.68. The van der Waals surface area contributed by atoms with Crippen LogP contribution in [0.4, 0.5) is 18.9 Å². The number of benzene rings is 3. The molecule has 196 valence electrons. The molecule has 0 radical (unpaired) electrons. The summed E-state index contributed by atoms with van der Waals surface area (Å²) in [5, 5.41) is 0. The normalized spacial score (nSPS) is 15.0. The van der Waals surface area contributed by atoms with E-state index in [1.165, 1.54) is 5.56 Å². The molecule has 1 saturated heterocycles. The molecule has 0 unspecified atom stereocenters. The Balaban J connectivity index is 1.08. The molecule has 5 aromatic rings. The Morgan fingerprint density at radius 2 is 1.55 bits per heavy atom. The fourth-order valence-corrected chi connectivity index (χ4v) is 4.87. The summed E-state index contributed by atoms with van der Waals surface area (Å²) in [6, 6.07) is 19.4. The van der Waals surface area contributed by atoms with Crippen molar-refractivity contribution in [3.05, 3.63) is 72.1 Å². The highest BCUT2D eigenvalue weighted by Crippen LogP contribution is 2.32. The zero-order chi connectivity index (χ0) is 26.3. The molecule has 3 aromatic carbocycles. The van der Waals surface area contributed by atoms with E-state index >= 15 is 0 Å². The van der Waals surface area contributed by atoms with E-state index < -0.39 is 12.0 Å². The van der Waals surface area contributed by atoms with Crippen molar-refractivity contribution in [3.8, 4) is 17.1 Å². The van der Waals surface area contributed by atoms with Crippen molar-refractivity contribution in [2.24, 2.45) is 0 Å². The molecule has 1 aliphatic heterocycles. The van der Waals surface area contributed by atoms with Crippen LogP contribution in [-0.4, -0.2) is 64.2 Å². The second-order valence-electron chi connectivity index (χ2n) is 9.54. The highest BCUT2D eigenvalue weighted by Gasteiger charge is 2.35. The van der Waals surface area contributed by atoms with Crippen molar-refractivity contribution < 1.29 is 17.9 Å². The molecule has 0 spiro atoms. The Hall–Kier alpha value is -4.05. The van der Waals surface area contributed by atoms with Crippen LogP contribution in [0.15, 0.2) is 60.7 Å². The number of para-hydroxylation sites is 2. The van der Waals surface area contributed by atoms with Gasteiger partial charge in [0, 0.05) is 38.3 Å². The zero-order valence-electron chi connectivity index (χ0n) is 20.8. The molecule has 3 heterocycles. The molecule has 2 aromatic heterocycles. The predicted octanol–water partition coefficient (Wildman–Crippen LogP) is 5.63. The van der Waals surface area contributed by atoms with Gasteiger partial charge in [0.05, 0.1) is 16.7 Å². The third-order valence-electron chi connectivity index (χ3n) is 6.94. The number of ether oxygens (including phenoxy) is 1. The fraction of sp³-hybridized carbons (Fsp3) is 0.286. The van der Waals surface area contributed by atoms with Gasteiger partial charge in [-0.15, -0.1) is 0 Å². The number of anilines is 1. The first-order valence-corrected chi connectivity index (χ1v) is 12.6. The van der Waals surface area contributed by atoms with Crippen molar-refractivity contribution >= 4 is 27.8 Å². The van der Waals surface area contributed by atoms with Gasteiger partial charge in [-0.3, -0.25) is 4.90 Å². The summed E-state index contributed by atoms with van der Waals surface area (Å²) in [6.07, 6.45) is -4.53. The van der Waals surface area contributed by atoms with Crippen molar-refractivity contribution in [2.45, 2.75) is 13.1 Å². The molecule has 0 amide bonds. The highest BCUT2D eigenvalue weighted by molar-refractivity contribution is 5.91. The number of hydrogen-bond acceptors (Lipinski definition) is 5. The van der Waals surface area contributed by atoms with Gasteiger partial charge >= 0.3 is 6.18 Å². The summed E-state index contributed by atoms with van der Waals surface area (Å²) >= 11 is 0. The van der Waals surface area contributed by atoms with Crippen LogP contribution in [0.25, 0.3) is 33.5 Å². The maximum absolute atomic E-state index is 13.0. The second-order valence-corrected chi connectivity index (χ2v) is 9.54. The van der Waals surface area contributed by atoms with Crippen molar-refractivity contribution in [2.75, 3.05) is 44.2 Å². The minimum atomic E-state index is -4.53. The number of alkyl halides is 3. The first-order valence-electron chi connectivity index (χ1n) is 12.6. The molecule has 0 aliphatic carbocycles. The van der Waals surface area contributed by atoms with Gasteiger partial charge in [-0.2, -0.15) is 13.2 Å². The van der Waals surface area contributed by atoms with Gasteiger partial charge in [0.2, 0.25) is 5.82 Å². The number of H-pyrrole nitrogens is 2. The molecule has 0 atom stereocenters. The summed E-state index contributed by atoms with van der Waals surface area (Å²) in [5.41, 5.74) is 5.85. The number of piperazine rings is 1. The van der Waals surface area contributed by atoms with Crippen LogP contribution in [0.3, 0.4) is 0 Å². The molecule has 0 bridgehead atoms. The number of nitrogens with one attached hydrogen (secondary N) is 2. The van der Waals surface area contributed by atoms with Gasteiger partial charge in [-0.05, 0) is 31.2 Å². The lowest BCUT2D eigenvalue weighted by Gasteiger charge is -2.36. The average molecular weight is 521 g/mol. The number of imidazole rings is 2. The summed E-state index contributed by atoms with van der Waals surface area (Å²) in [6.45, 7) is 6.48. The molecule has 1 aliphatic rings. The van der Waals surface area contributed by atoms with Crippen LogP contribution < -0.4 is 9.64 Å². The van der Waals surface area contributed by atoms with Crippen LogP contribution in [-0.2, 0) is 6.18 Å². The van der Waals surface area contributed by atoms with Crippen LogP contribution >= 0.6 is 0 Å². The summed E-state index contributed by atoms with van der Waals surface area (Å²) in [5.74, 6) is 0.192. The van der Waals surface area contributed by atoms with E-state index in [1.807, 2.05) is 0 Å². The number of aromatic nitrogens is 4. The fourth-order valence-electron chi connectivity index (χ4n) is 4.87. The van der Waals surface area contributed by atoms with Crippen LogP contribution in [0.2, 0.25) is 0 Å². The maximum Gasteiger partial charge on any atom is 0.449 e. The number of nitrogens with zero attached hydrogens (tertiary/aromatic N) is 4. The molecule has 38 heavy (non-hydrogen) atoms. The highest BCUT2D eigenvalue weighted by atomic mass is 19.4. The third kappa shape index (κ3) is 4.79. The van der Waals surface area contributed by atoms with Crippen molar-refractivity contribution in [1.82, 2.24) is 24.8 Å². The lowest BCUT2D eigenvalue weighted by molar-refractivity contribution is -0.144. The average Bonchev–Trinajstić information content (AvgIpc) is 3.55. The van der Waals surface area contributed by atoms with E-state index in [4.69, 9.17) is 9.72 Å². The van der Waals surface area contributed by atoms with E-state index in [2.05, 4.69) is 74.1 Å². The summed E-state index contributed by atoms with van der Waals surface area (Å²) in [4.78, 5) is 19.0. The summed E-state index contributed by atoms with van der Waals surface area (Å²) < 4.78 is 45.0. The van der Waals surface area contributed by atoms with E-state index in [0.717, 1.165) is 54.3 Å². The summed E-state index contributed by atoms with van der Waals surface area (Å²) in [7, 11) is 0. The largest absolute Gasteiger partial charge is 0.490 e. The Morgan fingerprint density at radius 3 is 2.29 bits per heavy atom. The number of halogens is 3. The van der Waals surface area contributed by atoms with Crippen molar-refractivity contribution in [1.29, 1.82) is 0 Å². The lowest BCUT2D eigenvalue weighted by atomic mass is 10.1. The predicted molar refractivity (Wildman–Crippen MR) is 142 cm³/mol. The van der Waals surface area contributed by atoms with Gasteiger partial charge < -0.3 is 19.6 Å². The van der Waals surface area contributed by atoms with E-state index in [1.54, 1.807) is 18.2 Å². The molecular formula is C28H27F3N6O. The van der Waals surface area contributed by atoms with Crippen LogP contribution in [0.5, 0.6) is 5.75 Å². The van der Waals surface area contributed by atoms with Gasteiger partial charge in [0.1, 0.15) is 29.2 Å². The first kappa shape index (κ1) is 24.3. The number of aryl methyl sites for hydroxylation is 1. The van der Waals surface area contributed by atoms with Crippen LogP contribution in [0, 0.1) is 6.92 Å². The SMILES string of the molecule is Cc1ccc(-c2nc3c(N4CCN(CCOc5cccc6[nH]c(C(F)(F)F)nc56)CC4)cccc3[nH]2)cc1. The third-order valence-corrected chi connectivity index (χ3v) is 6.94. The number of hydrogen-bond donors (Lipinski definition) is 2. The molecule has 10 heteroatoms. The standard InChI is InChI=1S/C28H27F3N6O/c1-18-8-10-19(11-9-18)26-32-20-4-2-6-22(24(20)34-26)37-14-12-36(13-15-37)16-17-38-23-7-3-5-21-25(23)35-27(33-21)28(29,30)31/h2-11H,12-17H2,1H3,(H,32,34)(H,33,35). The topological polar surface area (TPSA) is 73.1 Å². The van der Waals surface area contributed by atoms with Gasteiger partial charge in [0.15, 0.2) is 0 Å². The van der Waals surface area contributed by atoms with Gasteiger partial charge in [-0.25, -0.2) is 9.97 Å². The molecular weight excluding hydrogens is 493 g/mol. The Morgan fingerprint density at radius 1 is 0.842 bits per heavy atom. The lowest BCUT2D eigenvalue weighted by Crippen LogP contribution is -2.47. The number of rotatable bonds is 6. The Labute approximate surface area is 217 Å². The first-order chi connectivity index (χ1) is 18.3. The minimum absolute atomic E-state index is 0.196. The molecule has 2 N–H and O–H groups in total. The maximum atomic E-state index is 13.0. The van der Waals surface area contributed by atoms with E-state index in [9.17, 15) is 13.2 Å². The molecule has 7 nitrogen and oxygen atoms in total. The number of fused-ring (bicyclic) bond motifs is 2. The van der Waals surface area contributed by atoms with Gasteiger partial charge in [-0.1, -0.05) is 42.0 Å². The van der Waals surface area contributed by atoms with Crippen molar-refractivity contribution in [3.63, 3.8) is 0 Å². The monoisotopic (exact) mass is 520 g/mol. The quantitative estimate of drug-likeness (QED) is 0.304. The smallest absolute Gasteiger partial charge is 0.449 e. The van der Waals surface area contributed by atoms with Crippen LogP contribution in [0.1, 0.15) is 11.4 Å². The molecule has 6 rings (SSSR count). The van der Waals surface area contributed by atoms with E-state index in [-0.39, 0.29) is 5.52 Å². The van der Waals surface area contributed by atoms with E-state index in [0.29, 0.717) is 24.4 Å². The van der Waals surface area contributed by atoms with Gasteiger partial charge in [0.25, 0.3) is 0 Å². The Kier molecular flexibility index (Phi) is 6.19. The Bertz CT molecular complexity index is 1570. The molecule has 1 fully saturated rings. The minimum Gasteiger partial charge on any atom is -0.490 e.